The Morgan fingerprint density at radius 3 is 1.11 bits per heavy atom. The van der Waals surface area contributed by atoms with Crippen LogP contribution < -0.4 is 0 Å². The second-order valence-electron chi connectivity index (χ2n) is 0.649. The van der Waals surface area contributed by atoms with E-state index in [0.717, 1.165) is 0 Å². The molecular formula is C6H10I2Zr. The summed E-state index contributed by atoms with van der Waals surface area (Å²) in [6.45, 7) is 13.0. The van der Waals surface area contributed by atoms with Crippen molar-refractivity contribution >= 4 is 36.1 Å². The zero-order valence-electron chi connectivity index (χ0n) is 5.24. The molecule has 0 aliphatic carbocycles. The summed E-state index contributed by atoms with van der Waals surface area (Å²) in [6, 6.07) is 0. The molecule has 0 bridgehead atoms. The molecule has 0 nitrogen and oxygen atoms in total. The first-order chi connectivity index (χ1) is 4.24. The molecule has 0 aliphatic rings. The molecule has 0 radical (unpaired) electrons. The van der Waals surface area contributed by atoms with Gasteiger partial charge in [0.05, 0.1) is 0 Å². The van der Waals surface area contributed by atoms with E-state index in [1.54, 1.807) is 0 Å². The number of hydrogen-bond donors (Lipinski definition) is 0. The van der Waals surface area contributed by atoms with E-state index in [2.05, 4.69) is 63.1 Å². The van der Waals surface area contributed by atoms with Crippen molar-refractivity contribution in [1.82, 2.24) is 0 Å². The van der Waals surface area contributed by atoms with Crippen molar-refractivity contribution in [3.63, 3.8) is 0 Å². The minimum absolute atomic E-state index is 0.170. The zero-order chi connectivity index (χ0) is 8.12. The van der Waals surface area contributed by atoms with Gasteiger partial charge in [-0.1, -0.05) is 0 Å². The molecule has 0 atom stereocenters. The monoisotopic (exact) mass is 426 g/mol. The van der Waals surface area contributed by atoms with Gasteiger partial charge in [0.15, 0.2) is 0 Å². The maximum atomic E-state index is 3.25. The molecule has 3 heteroatoms. The van der Waals surface area contributed by atoms with Gasteiger partial charge in [-0.2, -0.15) is 0 Å². The van der Waals surface area contributed by atoms with Gasteiger partial charge in [0.1, 0.15) is 0 Å². The Bertz CT molecular complexity index is 40.3. The normalized spacial score (nSPS) is 3.78. The van der Waals surface area contributed by atoms with Crippen LogP contribution in [0.1, 0.15) is 0 Å². The number of hydrogen-bond acceptors (Lipinski definition) is 0. The number of rotatable bonds is 0. The third-order valence-corrected chi connectivity index (χ3v) is 0. The molecule has 0 aromatic rings. The summed E-state index contributed by atoms with van der Waals surface area (Å²) < 4.78 is 0. The third kappa shape index (κ3) is 224. The van der Waals surface area contributed by atoms with Crippen LogP contribution >= 0.6 is 36.1 Å². The van der Waals surface area contributed by atoms with Gasteiger partial charge < -0.3 is 0 Å². The Kier molecular flexibility index (Phi) is 63.2. The van der Waals surface area contributed by atoms with Crippen LogP contribution in [0.2, 0.25) is 0 Å². The molecule has 0 saturated carbocycles. The minimum atomic E-state index is 0.170. The maximum absolute atomic E-state index is 3.25. The fourth-order valence-electron chi connectivity index (χ4n) is 0. The van der Waals surface area contributed by atoms with Crippen LogP contribution in [0.5, 0.6) is 0 Å². The molecule has 0 heterocycles. The summed E-state index contributed by atoms with van der Waals surface area (Å²) in [5.41, 5.74) is 0. The van der Waals surface area contributed by atoms with Crippen molar-refractivity contribution in [3.05, 3.63) is 39.2 Å². The molecule has 0 unspecified atom stereocenters. The van der Waals surface area contributed by atoms with Crippen LogP contribution in [0.15, 0.2) is 25.3 Å². The molecule has 9 heavy (non-hydrogen) atoms. The number of halogens is 2. The Labute approximate surface area is 88.5 Å². The van der Waals surface area contributed by atoms with Crippen molar-refractivity contribution in [2.45, 2.75) is 0 Å². The summed E-state index contributed by atoms with van der Waals surface area (Å²) >= 11 is 5.06. The van der Waals surface area contributed by atoms with E-state index >= 15 is 0 Å². The van der Waals surface area contributed by atoms with Crippen LogP contribution in [0, 0.1) is 13.8 Å². The van der Waals surface area contributed by atoms with Gasteiger partial charge in [0, 0.05) is 0 Å². The van der Waals surface area contributed by atoms with Crippen LogP contribution in [-0.4, -0.2) is 0 Å². The molecule has 0 spiro atoms. The van der Waals surface area contributed by atoms with E-state index < -0.39 is 0 Å². The quantitative estimate of drug-likeness (QED) is 0.408. The van der Waals surface area contributed by atoms with Crippen molar-refractivity contribution < 1.29 is 14.9 Å². The van der Waals surface area contributed by atoms with E-state index in [4.69, 9.17) is 0 Å². The molecule has 0 aromatic carbocycles. The van der Waals surface area contributed by atoms with E-state index in [9.17, 15) is 0 Å². The average Bonchev–Trinajstić information content (AvgIpc) is 1.70. The van der Waals surface area contributed by atoms with Crippen molar-refractivity contribution in [2.24, 2.45) is 0 Å². The van der Waals surface area contributed by atoms with Gasteiger partial charge in [-0.15, -0.1) is 0 Å². The first kappa shape index (κ1) is 16.9. The second-order valence-corrected chi connectivity index (χ2v) is 19.6. The summed E-state index contributed by atoms with van der Waals surface area (Å²) in [6.07, 6.45) is 3.00. The second kappa shape index (κ2) is 33.7. The van der Waals surface area contributed by atoms with Crippen molar-refractivity contribution in [1.29, 1.82) is 0 Å². The van der Waals surface area contributed by atoms with E-state index in [1.807, 2.05) is 0 Å². The Morgan fingerprint density at radius 1 is 1.11 bits per heavy atom. The van der Waals surface area contributed by atoms with Gasteiger partial charge in [-0.25, -0.2) is 39.2 Å². The Balaban J connectivity index is -0.0000000600. The van der Waals surface area contributed by atoms with E-state index in [1.165, 1.54) is 12.2 Å². The first-order valence-corrected chi connectivity index (χ1v) is 16.6. The van der Waals surface area contributed by atoms with Gasteiger partial charge in [-0.3, -0.25) is 0 Å². The Morgan fingerprint density at radius 2 is 1.11 bits per heavy atom. The summed E-state index contributed by atoms with van der Waals surface area (Å²) in [4.78, 5) is 0. The predicted octanol–water partition coefficient (Wildman–Crippen LogP) is 3.78. The standard InChI is InChI=1S/2C3H5.2HI.Zr/c2*1-3-2;;;/h2*3H,1-2H2;2*1H;/q2*-1;;;+4/p-2. The predicted molar refractivity (Wildman–Crippen MR) is 59.1 cm³/mol. The average molecular weight is 427 g/mol. The molecule has 0 N–H and O–H groups in total. The SMILES string of the molecule is C=C[CH2-].C=C[CH2-].[I][Zr+2][I]. The molecule has 0 aromatic heterocycles. The number of allylic oxidation sites excluding steroid dienone is 2. The van der Waals surface area contributed by atoms with Gasteiger partial charge in [0.2, 0.25) is 0 Å². The first-order valence-electron chi connectivity index (χ1n) is 2.01. The summed E-state index contributed by atoms with van der Waals surface area (Å²) in [5.74, 6) is 0. The zero-order valence-corrected chi connectivity index (χ0v) is 12.0. The van der Waals surface area contributed by atoms with Crippen LogP contribution in [0.25, 0.3) is 0 Å². The van der Waals surface area contributed by atoms with Crippen LogP contribution in [0.4, 0.5) is 0 Å². The molecule has 0 aliphatic heterocycles. The fraction of sp³-hybridized carbons (Fsp3) is 0. The molecular weight excluding hydrogens is 417 g/mol. The molecule has 0 saturated heterocycles. The summed E-state index contributed by atoms with van der Waals surface area (Å²) in [5, 5.41) is 0. The van der Waals surface area contributed by atoms with Crippen molar-refractivity contribution in [3.8, 4) is 0 Å². The van der Waals surface area contributed by atoms with Crippen molar-refractivity contribution in [2.75, 3.05) is 0 Å². The van der Waals surface area contributed by atoms with Crippen LogP contribution in [-0.2, 0) is 14.9 Å². The van der Waals surface area contributed by atoms with Crippen LogP contribution in [0.3, 0.4) is 0 Å². The van der Waals surface area contributed by atoms with Gasteiger partial charge in [-0.05, 0) is 0 Å². The van der Waals surface area contributed by atoms with Gasteiger partial charge in [0.25, 0.3) is 0 Å². The molecule has 0 rings (SSSR count). The molecule has 0 fully saturated rings. The summed E-state index contributed by atoms with van der Waals surface area (Å²) in [7, 11) is 0. The third-order valence-electron chi connectivity index (χ3n) is 0. The Hall–Kier alpha value is 1.56. The molecule has 52 valence electrons. The van der Waals surface area contributed by atoms with E-state index in [-0.39, 0.29) is 14.9 Å². The van der Waals surface area contributed by atoms with Gasteiger partial charge >= 0.3 is 50.9 Å². The molecule has 0 amide bonds. The fourth-order valence-corrected chi connectivity index (χ4v) is 0. The van der Waals surface area contributed by atoms with E-state index in [0.29, 0.717) is 0 Å². The topological polar surface area (TPSA) is 0 Å².